The van der Waals surface area contributed by atoms with Gasteiger partial charge in [-0.2, -0.15) is 0 Å². The average molecular weight is 365 g/mol. The van der Waals surface area contributed by atoms with Crippen molar-refractivity contribution in [2.24, 2.45) is 0 Å². The van der Waals surface area contributed by atoms with Gasteiger partial charge in [0.1, 0.15) is 6.61 Å². The summed E-state index contributed by atoms with van der Waals surface area (Å²) < 4.78 is 11.7. The molecule has 116 valence electrons. The monoisotopic (exact) mass is 364 g/mol. The lowest BCUT2D eigenvalue weighted by Gasteiger charge is -2.11. The van der Waals surface area contributed by atoms with Gasteiger partial charge in [0.15, 0.2) is 11.5 Å². The summed E-state index contributed by atoms with van der Waals surface area (Å²) in [5.74, 6) is 1.32. The number of amides is 2. The van der Waals surface area contributed by atoms with Crippen molar-refractivity contribution in [3.05, 3.63) is 53.0 Å². The highest BCUT2D eigenvalue weighted by molar-refractivity contribution is 9.10. The molecule has 0 aliphatic heterocycles. The second kappa shape index (κ2) is 8.29. The van der Waals surface area contributed by atoms with Gasteiger partial charge in [-0.25, -0.2) is 4.79 Å². The summed E-state index contributed by atoms with van der Waals surface area (Å²) in [5, 5.41) is 5.47. The van der Waals surface area contributed by atoms with Gasteiger partial charge in [-0.15, -0.1) is 0 Å². The number of benzene rings is 2. The molecule has 22 heavy (non-hydrogen) atoms. The number of methoxy groups -OCH3 is 1. The van der Waals surface area contributed by atoms with E-state index in [0.29, 0.717) is 24.7 Å². The molecule has 0 unspecified atom stereocenters. The first-order valence-corrected chi connectivity index (χ1v) is 7.54. The number of ether oxygens (including phenoxy) is 2. The Kier molecular flexibility index (Phi) is 6.09. The van der Waals surface area contributed by atoms with E-state index in [2.05, 4.69) is 26.6 Å². The number of hydrogen-bond acceptors (Lipinski definition) is 3. The zero-order valence-corrected chi connectivity index (χ0v) is 13.7. The van der Waals surface area contributed by atoms with Crippen LogP contribution < -0.4 is 20.1 Å². The molecule has 0 saturated carbocycles. The third kappa shape index (κ3) is 4.96. The molecular weight excluding hydrogens is 348 g/mol. The Balaban J connectivity index is 1.73. The lowest BCUT2D eigenvalue weighted by Crippen LogP contribution is -2.32. The SMILES string of the molecule is COc1ccccc1OCCNC(=O)Nc1cccc(Br)c1. The fourth-order valence-electron chi connectivity index (χ4n) is 1.81. The van der Waals surface area contributed by atoms with Crippen LogP contribution in [0.15, 0.2) is 53.0 Å². The second-order valence-electron chi connectivity index (χ2n) is 4.39. The molecule has 5 nitrogen and oxygen atoms in total. The van der Waals surface area contributed by atoms with Crippen molar-refractivity contribution in [2.45, 2.75) is 0 Å². The third-order valence-electron chi connectivity index (χ3n) is 2.80. The second-order valence-corrected chi connectivity index (χ2v) is 5.31. The Bertz CT molecular complexity index is 634. The van der Waals surface area contributed by atoms with E-state index in [4.69, 9.17) is 9.47 Å². The van der Waals surface area contributed by atoms with Crippen LogP contribution in [-0.4, -0.2) is 26.3 Å². The van der Waals surface area contributed by atoms with Crippen LogP contribution in [0.25, 0.3) is 0 Å². The first-order chi connectivity index (χ1) is 10.7. The molecule has 2 N–H and O–H groups in total. The smallest absolute Gasteiger partial charge is 0.319 e. The summed E-state index contributed by atoms with van der Waals surface area (Å²) in [6, 6.07) is 14.5. The van der Waals surface area contributed by atoms with Crippen LogP contribution in [0.1, 0.15) is 0 Å². The minimum Gasteiger partial charge on any atom is -0.493 e. The van der Waals surface area contributed by atoms with E-state index >= 15 is 0 Å². The molecule has 2 aromatic carbocycles. The highest BCUT2D eigenvalue weighted by Gasteiger charge is 2.04. The van der Waals surface area contributed by atoms with Crippen molar-refractivity contribution in [2.75, 3.05) is 25.6 Å². The normalized spacial score (nSPS) is 9.91. The summed E-state index contributed by atoms with van der Waals surface area (Å²) in [4.78, 5) is 11.7. The van der Waals surface area contributed by atoms with Gasteiger partial charge in [0, 0.05) is 10.2 Å². The van der Waals surface area contributed by atoms with E-state index < -0.39 is 0 Å². The molecular formula is C16H17BrN2O3. The van der Waals surface area contributed by atoms with Crippen molar-refractivity contribution < 1.29 is 14.3 Å². The lowest BCUT2D eigenvalue weighted by atomic mass is 10.3. The van der Waals surface area contributed by atoms with Crippen molar-refractivity contribution in [1.29, 1.82) is 0 Å². The van der Waals surface area contributed by atoms with Gasteiger partial charge in [0.2, 0.25) is 0 Å². The highest BCUT2D eigenvalue weighted by Crippen LogP contribution is 2.25. The Hall–Kier alpha value is -2.21. The lowest BCUT2D eigenvalue weighted by molar-refractivity contribution is 0.246. The molecule has 0 fully saturated rings. The molecule has 0 aliphatic carbocycles. The molecule has 0 heterocycles. The molecule has 6 heteroatoms. The van der Waals surface area contributed by atoms with Gasteiger partial charge < -0.3 is 20.1 Å². The molecule has 2 amide bonds. The van der Waals surface area contributed by atoms with Crippen molar-refractivity contribution in [3.8, 4) is 11.5 Å². The zero-order chi connectivity index (χ0) is 15.8. The van der Waals surface area contributed by atoms with Crippen LogP contribution in [0.3, 0.4) is 0 Å². The number of hydrogen-bond donors (Lipinski definition) is 2. The first-order valence-electron chi connectivity index (χ1n) is 6.75. The molecule has 2 aromatic rings. The fraction of sp³-hybridized carbons (Fsp3) is 0.188. The Labute approximate surface area is 137 Å². The standard InChI is InChI=1S/C16H17BrN2O3/c1-21-14-7-2-3-8-15(14)22-10-9-18-16(20)19-13-6-4-5-12(17)11-13/h2-8,11H,9-10H2,1H3,(H2,18,19,20). The minimum atomic E-state index is -0.276. The number of urea groups is 1. The molecule has 0 bridgehead atoms. The molecule has 0 spiro atoms. The van der Waals surface area contributed by atoms with E-state index in [9.17, 15) is 4.79 Å². The summed E-state index contributed by atoms with van der Waals surface area (Å²) in [7, 11) is 1.59. The van der Waals surface area contributed by atoms with Crippen molar-refractivity contribution in [1.82, 2.24) is 5.32 Å². The number of para-hydroxylation sites is 2. The van der Waals surface area contributed by atoms with Gasteiger partial charge in [-0.3, -0.25) is 0 Å². The quantitative estimate of drug-likeness (QED) is 0.769. The number of halogens is 1. The van der Waals surface area contributed by atoms with Gasteiger partial charge in [-0.1, -0.05) is 34.1 Å². The summed E-state index contributed by atoms with van der Waals surface area (Å²) >= 11 is 3.35. The predicted octanol–water partition coefficient (Wildman–Crippen LogP) is 3.66. The van der Waals surface area contributed by atoms with Crippen LogP contribution in [0.2, 0.25) is 0 Å². The molecule has 0 atom stereocenters. The summed E-state index contributed by atoms with van der Waals surface area (Å²) in [6.07, 6.45) is 0. The van der Waals surface area contributed by atoms with E-state index in [1.165, 1.54) is 0 Å². The van der Waals surface area contributed by atoms with Crippen LogP contribution in [0, 0.1) is 0 Å². The maximum absolute atomic E-state index is 11.7. The van der Waals surface area contributed by atoms with Gasteiger partial charge in [0.25, 0.3) is 0 Å². The van der Waals surface area contributed by atoms with Crippen LogP contribution >= 0.6 is 15.9 Å². The van der Waals surface area contributed by atoms with E-state index in [0.717, 1.165) is 10.2 Å². The van der Waals surface area contributed by atoms with E-state index in [1.54, 1.807) is 7.11 Å². The number of carbonyl (C=O) groups excluding carboxylic acids is 1. The van der Waals surface area contributed by atoms with Gasteiger partial charge in [0.05, 0.1) is 13.7 Å². The topological polar surface area (TPSA) is 59.6 Å². The molecule has 0 aliphatic rings. The third-order valence-corrected chi connectivity index (χ3v) is 3.29. The largest absolute Gasteiger partial charge is 0.493 e. The Morgan fingerprint density at radius 2 is 1.91 bits per heavy atom. The molecule has 0 saturated heterocycles. The Morgan fingerprint density at radius 1 is 1.14 bits per heavy atom. The number of anilines is 1. The number of nitrogens with one attached hydrogen (secondary N) is 2. The predicted molar refractivity (Wildman–Crippen MR) is 89.7 cm³/mol. The number of carbonyl (C=O) groups is 1. The maximum atomic E-state index is 11.7. The van der Waals surface area contributed by atoms with E-state index in [-0.39, 0.29) is 6.03 Å². The Morgan fingerprint density at radius 3 is 2.64 bits per heavy atom. The van der Waals surface area contributed by atoms with Crippen LogP contribution in [0.5, 0.6) is 11.5 Å². The fourth-order valence-corrected chi connectivity index (χ4v) is 2.20. The highest BCUT2D eigenvalue weighted by atomic mass is 79.9. The van der Waals surface area contributed by atoms with Gasteiger partial charge in [-0.05, 0) is 30.3 Å². The van der Waals surface area contributed by atoms with Crippen molar-refractivity contribution in [3.63, 3.8) is 0 Å². The van der Waals surface area contributed by atoms with Gasteiger partial charge >= 0.3 is 6.03 Å². The average Bonchev–Trinajstić information content (AvgIpc) is 2.52. The maximum Gasteiger partial charge on any atom is 0.319 e. The first kappa shape index (κ1) is 16.2. The van der Waals surface area contributed by atoms with E-state index in [1.807, 2.05) is 48.5 Å². The summed E-state index contributed by atoms with van der Waals surface area (Å²) in [5.41, 5.74) is 0.720. The van der Waals surface area contributed by atoms with Crippen LogP contribution in [-0.2, 0) is 0 Å². The molecule has 2 rings (SSSR count). The minimum absolute atomic E-state index is 0.276. The summed E-state index contributed by atoms with van der Waals surface area (Å²) in [6.45, 7) is 0.740. The zero-order valence-electron chi connectivity index (χ0n) is 12.1. The van der Waals surface area contributed by atoms with Crippen LogP contribution in [0.4, 0.5) is 10.5 Å². The van der Waals surface area contributed by atoms with Crippen molar-refractivity contribution >= 4 is 27.6 Å². The molecule has 0 aromatic heterocycles. The number of rotatable bonds is 6. The molecule has 0 radical (unpaired) electrons.